The van der Waals surface area contributed by atoms with Crippen molar-refractivity contribution in [3.8, 4) is 0 Å². The third kappa shape index (κ3) is 3.98. The zero-order chi connectivity index (χ0) is 14.5. The SMILES string of the molecule is CC(C)Sc1ccccc1NC(=O)[C@@H]1CC[C@H](CN)O1. The molecule has 2 atom stereocenters. The summed E-state index contributed by atoms with van der Waals surface area (Å²) in [6.45, 7) is 4.74. The van der Waals surface area contributed by atoms with Gasteiger partial charge in [0.1, 0.15) is 6.10 Å². The standard InChI is InChI=1S/C15H22N2O2S/c1-10(2)20-14-6-4-3-5-12(14)17-15(18)13-8-7-11(9-16)19-13/h3-6,10-11,13H,7-9,16H2,1-2H3,(H,17,18)/t11-,13+/m1/s1. The predicted molar refractivity (Wildman–Crippen MR) is 83.0 cm³/mol. The number of rotatable bonds is 5. The number of amides is 1. The van der Waals surface area contributed by atoms with Crippen LogP contribution in [0.3, 0.4) is 0 Å². The van der Waals surface area contributed by atoms with Crippen LogP contribution in [0.4, 0.5) is 5.69 Å². The number of para-hydroxylation sites is 1. The molecule has 0 saturated carbocycles. The molecule has 1 aromatic rings. The van der Waals surface area contributed by atoms with E-state index in [1.165, 1.54) is 0 Å². The number of anilines is 1. The van der Waals surface area contributed by atoms with Gasteiger partial charge in [0.05, 0.1) is 11.8 Å². The van der Waals surface area contributed by atoms with E-state index in [-0.39, 0.29) is 18.1 Å². The largest absolute Gasteiger partial charge is 0.364 e. The Bertz CT molecular complexity index is 465. The molecule has 0 spiro atoms. The predicted octanol–water partition coefficient (Wildman–Crippen LogP) is 2.63. The first kappa shape index (κ1) is 15.4. The Hall–Kier alpha value is -1.04. The fraction of sp³-hybridized carbons (Fsp3) is 0.533. The lowest BCUT2D eigenvalue weighted by molar-refractivity contribution is -0.126. The minimum Gasteiger partial charge on any atom is -0.364 e. The second-order valence-corrected chi connectivity index (χ2v) is 6.83. The topological polar surface area (TPSA) is 64.4 Å². The number of benzene rings is 1. The molecule has 0 unspecified atom stereocenters. The van der Waals surface area contributed by atoms with Gasteiger partial charge in [-0.15, -0.1) is 11.8 Å². The molecule has 2 rings (SSSR count). The summed E-state index contributed by atoms with van der Waals surface area (Å²) in [6, 6.07) is 7.87. The molecule has 0 aromatic heterocycles. The molecule has 1 fully saturated rings. The van der Waals surface area contributed by atoms with Crippen LogP contribution in [-0.2, 0) is 9.53 Å². The Kier molecular flexibility index (Phi) is 5.46. The molecular formula is C15H22N2O2S. The third-order valence-corrected chi connectivity index (χ3v) is 4.25. The molecule has 20 heavy (non-hydrogen) atoms. The summed E-state index contributed by atoms with van der Waals surface area (Å²) in [5.74, 6) is -0.0715. The molecule has 1 aliphatic heterocycles. The van der Waals surface area contributed by atoms with Crippen LogP contribution in [0.1, 0.15) is 26.7 Å². The monoisotopic (exact) mass is 294 g/mol. The van der Waals surface area contributed by atoms with Crippen LogP contribution in [0.25, 0.3) is 0 Å². The van der Waals surface area contributed by atoms with Crippen LogP contribution < -0.4 is 11.1 Å². The molecule has 0 radical (unpaired) electrons. The van der Waals surface area contributed by atoms with Crippen molar-refractivity contribution >= 4 is 23.4 Å². The van der Waals surface area contributed by atoms with Crippen molar-refractivity contribution in [1.29, 1.82) is 0 Å². The lowest BCUT2D eigenvalue weighted by atomic mass is 10.2. The summed E-state index contributed by atoms with van der Waals surface area (Å²) < 4.78 is 5.62. The van der Waals surface area contributed by atoms with Crippen LogP contribution in [0.15, 0.2) is 29.2 Å². The Labute approximate surface area is 124 Å². The molecule has 0 aliphatic carbocycles. The van der Waals surface area contributed by atoms with E-state index in [1.807, 2.05) is 24.3 Å². The zero-order valence-corrected chi connectivity index (χ0v) is 12.8. The maximum absolute atomic E-state index is 12.2. The van der Waals surface area contributed by atoms with Gasteiger partial charge in [-0.1, -0.05) is 26.0 Å². The van der Waals surface area contributed by atoms with E-state index in [2.05, 4.69) is 19.2 Å². The second kappa shape index (κ2) is 7.11. The highest BCUT2D eigenvalue weighted by Crippen LogP contribution is 2.30. The van der Waals surface area contributed by atoms with Crippen molar-refractivity contribution in [3.63, 3.8) is 0 Å². The van der Waals surface area contributed by atoms with E-state index in [0.717, 1.165) is 23.4 Å². The summed E-state index contributed by atoms with van der Waals surface area (Å²) in [5.41, 5.74) is 6.43. The Morgan fingerprint density at radius 2 is 2.20 bits per heavy atom. The van der Waals surface area contributed by atoms with Crippen LogP contribution >= 0.6 is 11.8 Å². The van der Waals surface area contributed by atoms with Gasteiger partial charge in [-0.05, 0) is 25.0 Å². The van der Waals surface area contributed by atoms with E-state index >= 15 is 0 Å². The van der Waals surface area contributed by atoms with Crippen molar-refractivity contribution in [1.82, 2.24) is 0 Å². The van der Waals surface area contributed by atoms with E-state index in [9.17, 15) is 4.79 Å². The number of carbonyl (C=O) groups is 1. The number of nitrogens with one attached hydrogen (secondary N) is 1. The third-order valence-electron chi connectivity index (χ3n) is 3.17. The molecule has 0 bridgehead atoms. The summed E-state index contributed by atoms with van der Waals surface area (Å²) in [5, 5.41) is 3.45. The second-order valence-electron chi connectivity index (χ2n) is 5.21. The fourth-order valence-electron chi connectivity index (χ4n) is 2.21. The quantitative estimate of drug-likeness (QED) is 0.819. The van der Waals surface area contributed by atoms with Crippen LogP contribution in [0.5, 0.6) is 0 Å². The van der Waals surface area contributed by atoms with E-state index in [1.54, 1.807) is 11.8 Å². The lowest BCUT2D eigenvalue weighted by Gasteiger charge is -2.15. The van der Waals surface area contributed by atoms with E-state index in [0.29, 0.717) is 11.8 Å². The molecule has 110 valence electrons. The van der Waals surface area contributed by atoms with Gasteiger partial charge in [0, 0.05) is 16.7 Å². The highest BCUT2D eigenvalue weighted by Gasteiger charge is 2.30. The Morgan fingerprint density at radius 1 is 1.45 bits per heavy atom. The van der Waals surface area contributed by atoms with Gasteiger partial charge in [-0.2, -0.15) is 0 Å². The van der Waals surface area contributed by atoms with Gasteiger partial charge in [0.2, 0.25) is 0 Å². The number of thioether (sulfide) groups is 1. The molecule has 1 amide bonds. The molecule has 5 heteroatoms. The molecule has 4 nitrogen and oxygen atoms in total. The van der Waals surface area contributed by atoms with Crippen LogP contribution in [0.2, 0.25) is 0 Å². The summed E-state index contributed by atoms with van der Waals surface area (Å²) in [6.07, 6.45) is 1.25. The summed E-state index contributed by atoms with van der Waals surface area (Å²) in [7, 11) is 0. The van der Waals surface area contributed by atoms with Crippen molar-refractivity contribution in [2.75, 3.05) is 11.9 Å². The van der Waals surface area contributed by atoms with Crippen LogP contribution in [-0.4, -0.2) is 29.9 Å². The van der Waals surface area contributed by atoms with Gasteiger partial charge < -0.3 is 15.8 Å². The first-order valence-electron chi connectivity index (χ1n) is 7.02. The van der Waals surface area contributed by atoms with Crippen LogP contribution in [0, 0.1) is 0 Å². The molecule has 3 N–H and O–H groups in total. The van der Waals surface area contributed by atoms with Gasteiger partial charge >= 0.3 is 0 Å². The summed E-state index contributed by atoms with van der Waals surface area (Å²) in [4.78, 5) is 13.3. The van der Waals surface area contributed by atoms with E-state index in [4.69, 9.17) is 10.5 Å². The van der Waals surface area contributed by atoms with Crippen molar-refractivity contribution in [2.24, 2.45) is 5.73 Å². The summed E-state index contributed by atoms with van der Waals surface area (Å²) >= 11 is 1.74. The highest BCUT2D eigenvalue weighted by atomic mass is 32.2. The van der Waals surface area contributed by atoms with Crippen molar-refractivity contribution < 1.29 is 9.53 Å². The van der Waals surface area contributed by atoms with Crippen molar-refractivity contribution in [3.05, 3.63) is 24.3 Å². The Balaban J connectivity index is 2.01. The number of ether oxygens (including phenoxy) is 1. The minimum atomic E-state index is -0.374. The van der Waals surface area contributed by atoms with Gasteiger partial charge in [0.25, 0.3) is 5.91 Å². The minimum absolute atomic E-state index is 0.0195. The van der Waals surface area contributed by atoms with Crippen molar-refractivity contribution in [2.45, 2.75) is 49.0 Å². The number of hydrogen-bond donors (Lipinski definition) is 2. The van der Waals surface area contributed by atoms with Gasteiger partial charge in [-0.25, -0.2) is 0 Å². The van der Waals surface area contributed by atoms with E-state index < -0.39 is 0 Å². The molecule has 1 saturated heterocycles. The smallest absolute Gasteiger partial charge is 0.253 e. The Morgan fingerprint density at radius 3 is 2.85 bits per heavy atom. The lowest BCUT2D eigenvalue weighted by Crippen LogP contribution is -2.30. The van der Waals surface area contributed by atoms with Gasteiger partial charge in [0.15, 0.2) is 0 Å². The number of hydrogen-bond acceptors (Lipinski definition) is 4. The number of nitrogens with two attached hydrogens (primary N) is 1. The molecule has 1 aromatic carbocycles. The number of carbonyl (C=O) groups excluding carboxylic acids is 1. The maximum Gasteiger partial charge on any atom is 0.253 e. The average molecular weight is 294 g/mol. The first-order chi connectivity index (χ1) is 9.60. The zero-order valence-electron chi connectivity index (χ0n) is 12.0. The van der Waals surface area contributed by atoms with Gasteiger partial charge in [-0.3, -0.25) is 4.79 Å². The molecule has 1 heterocycles. The highest BCUT2D eigenvalue weighted by molar-refractivity contribution is 8.00. The average Bonchev–Trinajstić information content (AvgIpc) is 2.89. The molecular weight excluding hydrogens is 272 g/mol. The maximum atomic E-state index is 12.2. The first-order valence-corrected chi connectivity index (χ1v) is 7.90. The molecule has 1 aliphatic rings. The normalized spacial score (nSPS) is 22.2. The fourth-order valence-corrected chi connectivity index (χ4v) is 3.12.